The number of nitrogens with zero attached hydrogens (tertiary/aromatic N) is 8. The van der Waals surface area contributed by atoms with Gasteiger partial charge in [-0.3, -0.25) is 0 Å². The van der Waals surface area contributed by atoms with Gasteiger partial charge >= 0.3 is 0 Å². The van der Waals surface area contributed by atoms with Gasteiger partial charge in [0.15, 0.2) is 34.9 Å². The normalized spacial score (nSPS) is 11.5. The van der Waals surface area contributed by atoms with Crippen LogP contribution < -0.4 is 0 Å². The molecule has 6 aromatic heterocycles. The van der Waals surface area contributed by atoms with Gasteiger partial charge in [0.05, 0.1) is 22.1 Å². The summed E-state index contributed by atoms with van der Waals surface area (Å²) in [7, 11) is 0. The summed E-state index contributed by atoms with van der Waals surface area (Å²) in [6, 6.07) is 153. The number of hydrogen-bond donors (Lipinski definition) is 0. The van der Waals surface area contributed by atoms with Crippen LogP contribution >= 0.6 is 0 Å². The number of hydrogen-bond acceptors (Lipinski definition) is 8. The van der Waals surface area contributed by atoms with E-state index in [1.165, 1.54) is 21.5 Å². The van der Waals surface area contributed by atoms with E-state index in [1.54, 1.807) is 0 Å². The predicted molar refractivity (Wildman–Crippen MR) is 508 cm³/mol. The van der Waals surface area contributed by atoms with Gasteiger partial charge in [-0.05, 0) is 128 Å². The lowest BCUT2D eigenvalue weighted by molar-refractivity contribution is 0.669. The third-order valence-corrected chi connectivity index (χ3v) is 23.8. The van der Waals surface area contributed by atoms with E-state index in [1.807, 2.05) is 121 Å². The molecule has 0 N–H and O–H groups in total. The lowest BCUT2D eigenvalue weighted by Gasteiger charge is -2.18. The van der Waals surface area contributed by atoms with Crippen molar-refractivity contribution in [3.8, 4) is 146 Å². The van der Waals surface area contributed by atoms with E-state index in [2.05, 4.69) is 325 Å². The molecule has 124 heavy (non-hydrogen) atoms. The van der Waals surface area contributed by atoms with Crippen molar-refractivity contribution in [1.29, 1.82) is 0 Å². The molecular weight excluding hydrogens is 1510 g/mol. The topological polar surface area (TPSA) is 113 Å². The molecule has 0 aliphatic heterocycles. The van der Waals surface area contributed by atoms with E-state index in [0.717, 1.165) is 177 Å². The molecule has 0 saturated heterocycles. The maximum Gasteiger partial charge on any atom is 0.164 e. The van der Waals surface area contributed by atoms with Crippen molar-refractivity contribution < 1.29 is 8.83 Å². The molecule has 24 aromatic rings. The van der Waals surface area contributed by atoms with Crippen LogP contribution in [0, 0.1) is 0 Å². The maximum atomic E-state index is 6.54. The third-order valence-electron chi connectivity index (χ3n) is 23.8. The van der Waals surface area contributed by atoms with Crippen molar-refractivity contribution in [2.75, 3.05) is 0 Å². The molecule has 580 valence electrons. The Labute approximate surface area is 713 Å². The Morgan fingerprint density at radius 3 is 0.903 bits per heavy atom. The average molecular weight is 1590 g/mol. The number of aromatic nitrogens is 8. The molecule has 0 spiro atoms. The molecule has 0 aliphatic carbocycles. The molecule has 10 nitrogen and oxygen atoms in total. The molecule has 0 bridgehead atoms. The Kier molecular flexibility index (Phi) is 18.0. The summed E-state index contributed by atoms with van der Waals surface area (Å²) in [5.74, 6) is 3.69. The Morgan fingerprint density at radius 2 is 0.452 bits per heavy atom. The Balaban J connectivity index is 0.000000143. The van der Waals surface area contributed by atoms with Crippen molar-refractivity contribution in [2.24, 2.45) is 0 Å². The zero-order valence-corrected chi connectivity index (χ0v) is 67.0. The largest absolute Gasteiger partial charge is 0.455 e. The fourth-order valence-corrected chi connectivity index (χ4v) is 17.9. The number of para-hydroxylation sites is 6. The van der Waals surface area contributed by atoms with Gasteiger partial charge in [-0.25, -0.2) is 29.9 Å². The molecule has 0 aliphatic rings. The zero-order chi connectivity index (χ0) is 82.0. The van der Waals surface area contributed by atoms with Gasteiger partial charge < -0.3 is 18.0 Å². The first-order valence-corrected chi connectivity index (χ1v) is 41.7. The average Bonchev–Trinajstić information content (AvgIpc) is 1.57. The van der Waals surface area contributed by atoms with Crippen molar-refractivity contribution in [2.45, 2.75) is 0 Å². The number of furan rings is 2. The highest BCUT2D eigenvalue weighted by Gasteiger charge is 2.25. The summed E-state index contributed by atoms with van der Waals surface area (Å²) >= 11 is 0. The molecule has 0 saturated carbocycles. The third kappa shape index (κ3) is 13.0. The smallest absolute Gasteiger partial charge is 0.164 e. The van der Waals surface area contributed by atoms with Gasteiger partial charge in [-0.15, -0.1) is 0 Å². The summed E-state index contributed by atoms with van der Waals surface area (Å²) in [5, 5.41) is 9.19. The minimum absolute atomic E-state index is 0.602. The minimum atomic E-state index is 0.602. The Hall–Kier alpha value is -16.8. The highest BCUT2D eigenvalue weighted by Crippen LogP contribution is 2.46. The van der Waals surface area contributed by atoms with Crippen molar-refractivity contribution >= 4 is 87.5 Å². The van der Waals surface area contributed by atoms with Crippen LogP contribution in [-0.2, 0) is 0 Å². The molecule has 18 aromatic carbocycles. The predicted octanol–water partition coefficient (Wildman–Crippen LogP) is 29.7. The lowest BCUT2D eigenvalue weighted by Crippen LogP contribution is -2.02. The Morgan fingerprint density at radius 1 is 0.153 bits per heavy atom. The van der Waals surface area contributed by atoms with Crippen LogP contribution in [0.5, 0.6) is 0 Å². The molecule has 24 rings (SSSR count). The summed E-state index contributed by atoms with van der Waals surface area (Å²) in [6.45, 7) is 0. The molecule has 0 radical (unpaired) electrons. The molecule has 0 atom stereocenters. The summed E-state index contributed by atoms with van der Waals surface area (Å²) in [5.41, 5.74) is 28.6. The van der Waals surface area contributed by atoms with Crippen LogP contribution in [0.3, 0.4) is 0 Å². The van der Waals surface area contributed by atoms with Gasteiger partial charge in [-0.1, -0.05) is 364 Å². The number of fused-ring (bicyclic) bond motifs is 12. The molecular formula is C114H72N8O2. The van der Waals surface area contributed by atoms with Gasteiger partial charge in [0.2, 0.25) is 0 Å². The standard InChI is InChI=1S/2C57H36N4O/c1-4-15-37(16-5-1)38-27-29-41(30-28-38)56-58-55(40-19-8-3-9-20-40)59-57(60-56)49-34-32-43(36-50(49)39-17-6-2-7-18-39)61-51-25-12-10-21-45(51)46-33-31-42(35-52(46)61)44-23-14-24-48-47-22-11-13-26-53(47)62-54(44)48;1-4-17-37(18-5-1)42-23-10-11-24-44(42)50-36-41(32-34-49(50)57-59-55(38-19-6-2-7-20-38)58-56(60-57)39-21-8-3-9-22-39)61-51-29-14-12-25-45(51)46-33-31-40(35-52(46)61)43-27-16-28-48-47-26-13-15-30-53(47)62-54(43)48/h2*1-36H. The second-order valence-corrected chi connectivity index (χ2v) is 31.1. The van der Waals surface area contributed by atoms with E-state index in [4.69, 9.17) is 38.7 Å². The second kappa shape index (κ2) is 30.8. The first-order valence-electron chi connectivity index (χ1n) is 41.7. The van der Waals surface area contributed by atoms with Gasteiger partial charge in [0.25, 0.3) is 0 Å². The summed E-state index contributed by atoms with van der Waals surface area (Å²) in [6.07, 6.45) is 0. The maximum absolute atomic E-state index is 6.54. The van der Waals surface area contributed by atoms with Crippen LogP contribution in [0.25, 0.3) is 234 Å². The number of benzene rings is 18. The van der Waals surface area contributed by atoms with E-state index in [-0.39, 0.29) is 0 Å². The van der Waals surface area contributed by atoms with Crippen LogP contribution in [0.2, 0.25) is 0 Å². The van der Waals surface area contributed by atoms with Gasteiger partial charge in [-0.2, -0.15) is 0 Å². The fourth-order valence-electron chi connectivity index (χ4n) is 17.9. The van der Waals surface area contributed by atoms with E-state index in [9.17, 15) is 0 Å². The first-order chi connectivity index (χ1) is 61.5. The van der Waals surface area contributed by atoms with Crippen molar-refractivity contribution in [3.05, 3.63) is 437 Å². The van der Waals surface area contributed by atoms with E-state index >= 15 is 0 Å². The van der Waals surface area contributed by atoms with Crippen LogP contribution in [0.1, 0.15) is 0 Å². The monoisotopic (exact) mass is 1580 g/mol. The van der Waals surface area contributed by atoms with Crippen molar-refractivity contribution in [3.63, 3.8) is 0 Å². The van der Waals surface area contributed by atoms with Crippen LogP contribution in [0.15, 0.2) is 446 Å². The molecule has 6 heterocycles. The number of rotatable bonds is 14. The quantitative estimate of drug-likeness (QED) is 0.106. The highest BCUT2D eigenvalue weighted by molar-refractivity contribution is 6.15. The Bertz CT molecular complexity index is 8150. The zero-order valence-electron chi connectivity index (χ0n) is 67.0. The minimum Gasteiger partial charge on any atom is -0.455 e. The lowest BCUT2D eigenvalue weighted by atomic mass is 9.91. The molecule has 0 amide bonds. The first kappa shape index (κ1) is 72.4. The molecule has 10 heteroatoms. The highest BCUT2D eigenvalue weighted by atomic mass is 16.3. The second-order valence-electron chi connectivity index (χ2n) is 31.1. The van der Waals surface area contributed by atoms with Crippen molar-refractivity contribution in [1.82, 2.24) is 39.0 Å². The van der Waals surface area contributed by atoms with Crippen LogP contribution in [-0.4, -0.2) is 39.0 Å². The van der Waals surface area contributed by atoms with E-state index < -0.39 is 0 Å². The van der Waals surface area contributed by atoms with E-state index in [0.29, 0.717) is 34.9 Å². The van der Waals surface area contributed by atoms with Crippen LogP contribution in [0.4, 0.5) is 0 Å². The molecule has 0 unspecified atom stereocenters. The van der Waals surface area contributed by atoms with Gasteiger partial charge in [0.1, 0.15) is 22.3 Å². The summed E-state index contributed by atoms with van der Waals surface area (Å²) < 4.78 is 17.8. The summed E-state index contributed by atoms with van der Waals surface area (Å²) in [4.78, 5) is 31.0. The van der Waals surface area contributed by atoms with Gasteiger partial charge in [0, 0.05) is 99.0 Å². The SMILES string of the molecule is c1ccc(-c2ccc(-c3nc(-c4ccccc4)nc(-c4ccc(-n5c6ccccc6c6ccc(-c7cccc8c7oc7ccccc78)cc65)cc4-c4ccccc4)n3)cc2)cc1.c1ccc(-c2nc(-c3ccccc3)nc(-c3ccc(-n4c5ccccc5c5ccc(-c6cccc7c6oc6ccccc67)cc54)cc3-c3ccccc3-c3ccccc3)n2)cc1. The fraction of sp³-hybridized carbons (Fsp3) is 0. The molecule has 0 fully saturated rings.